The monoisotopic (exact) mass is 220 g/mol. The fraction of sp³-hybridized carbons (Fsp3) is 0.500. The van der Waals surface area contributed by atoms with Crippen LogP contribution in [-0.4, -0.2) is 11.0 Å². The molecule has 0 radical (unpaired) electrons. The molecule has 86 valence electrons. The zero-order chi connectivity index (χ0) is 11.5. The number of nitro groups is 1. The van der Waals surface area contributed by atoms with Gasteiger partial charge in [0.05, 0.1) is 4.92 Å². The van der Waals surface area contributed by atoms with Crippen LogP contribution in [0.3, 0.4) is 0 Å². The van der Waals surface area contributed by atoms with Gasteiger partial charge in [-0.1, -0.05) is 18.2 Å². The highest BCUT2D eigenvalue weighted by Gasteiger charge is 2.28. The highest BCUT2D eigenvalue weighted by molar-refractivity contribution is 5.39. The fourth-order valence-corrected chi connectivity index (χ4v) is 1.98. The Bertz CT molecular complexity index is 388. The standard InChI is InChI=1S/C12H16N2O2/c13-11(9-5-6-9)8-7-10-3-1-2-4-12(10)14(15)16/h1-4,9,11H,5-8,13H2. The molecule has 4 heteroatoms. The molecule has 0 heterocycles. The van der Waals surface area contributed by atoms with Crippen molar-refractivity contribution in [2.24, 2.45) is 11.7 Å². The van der Waals surface area contributed by atoms with Crippen LogP contribution in [0.1, 0.15) is 24.8 Å². The van der Waals surface area contributed by atoms with Crippen molar-refractivity contribution in [3.05, 3.63) is 39.9 Å². The topological polar surface area (TPSA) is 69.2 Å². The Morgan fingerprint density at radius 3 is 2.75 bits per heavy atom. The zero-order valence-electron chi connectivity index (χ0n) is 9.13. The van der Waals surface area contributed by atoms with Gasteiger partial charge >= 0.3 is 0 Å². The van der Waals surface area contributed by atoms with Crippen LogP contribution in [0, 0.1) is 16.0 Å². The lowest BCUT2D eigenvalue weighted by Gasteiger charge is -2.09. The quantitative estimate of drug-likeness (QED) is 0.611. The molecule has 0 aliphatic heterocycles. The van der Waals surface area contributed by atoms with Crippen molar-refractivity contribution in [1.29, 1.82) is 0 Å². The van der Waals surface area contributed by atoms with Gasteiger partial charge < -0.3 is 5.73 Å². The Kier molecular flexibility index (Phi) is 3.19. The molecular formula is C12H16N2O2. The predicted molar refractivity (Wildman–Crippen MR) is 62.1 cm³/mol. The van der Waals surface area contributed by atoms with Crippen LogP contribution < -0.4 is 5.73 Å². The van der Waals surface area contributed by atoms with Gasteiger partial charge in [-0.15, -0.1) is 0 Å². The maximum Gasteiger partial charge on any atom is 0.272 e. The number of hydrogen-bond donors (Lipinski definition) is 1. The molecule has 2 rings (SSSR count). The Hall–Kier alpha value is -1.42. The van der Waals surface area contributed by atoms with Crippen LogP contribution in [-0.2, 0) is 6.42 Å². The van der Waals surface area contributed by atoms with Gasteiger partial charge in [-0.2, -0.15) is 0 Å². The van der Waals surface area contributed by atoms with Gasteiger partial charge in [-0.05, 0) is 31.6 Å². The average Bonchev–Trinajstić information content (AvgIpc) is 3.10. The first-order valence-electron chi connectivity index (χ1n) is 5.66. The molecule has 1 saturated carbocycles. The lowest BCUT2D eigenvalue weighted by atomic mass is 10.0. The van der Waals surface area contributed by atoms with Gasteiger partial charge in [-0.3, -0.25) is 10.1 Å². The van der Waals surface area contributed by atoms with E-state index in [0.717, 1.165) is 12.0 Å². The molecule has 1 aromatic rings. The second-order valence-corrected chi connectivity index (χ2v) is 4.43. The number of nitrogens with zero attached hydrogens (tertiary/aromatic N) is 1. The average molecular weight is 220 g/mol. The Balaban J connectivity index is 1.99. The molecule has 1 aliphatic rings. The molecule has 0 amide bonds. The maximum atomic E-state index is 10.8. The number of nitrogens with two attached hydrogens (primary N) is 1. The van der Waals surface area contributed by atoms with Crippen LogP contribution in [0.4, 0.5) is 5.69 Å². The number of rotatable bonds is 5. The van der Waals surface area contributed by atoms with E-state index in [0.29, 0.717) is 12.3 Å². The summed E-state index contributed by atoms with van der Waals surface area (Å²) in [5.74, 6) is 0.655. The summed E-state index contributed by atoms with van der Waals surface area (Å²) in [5, 5.41) is 10.8. The Morgan fingerprint density at radius 2 is 2.12 bits per heavy atom. The summed E-state index contributed by atoms with van der Waals surface area (Å²) >= 11 is 0. The molecule has 4 nitrogen and oxygen atoms in total. The van der Waals surface area contributed by atoms with Crippen LogP contribution in [0.2, 0.25) is 0 Å². The minimum Gasteiger partial charge on any atom is -0.327 e. The number of aryl methyl sites for hydroxylation is 1. The van der Waals surface area contributed by atoms with Gasteiger partial charge in [-0.25, -0.2) is 0 Å². The fourth-order valence-electron chi connectivity index (χ4n) is 1.98. The van der Waals surface area contributed by atoms with Crippen LogP contribution >= 0.6 is 0 Å². The van der Waals surface area contributed by atoms with Crippen molar-refractivity contribution >= 4 is 5.69 Å². The minimum atomic E-state index is -0.321. The van der Waals surface area contributed by atoms with Gasteiger partial charge in [0.15, 0.2) is 0 Å². The van der Waals surface area contributed by atoms with E-state index in [1.54, 1.807) is 12.1 Å². The highest BCUT2D eigenvalue weighted by atomic mass is 16.6. The second-order valence-electron chi connectivity index (χ2n) is 4.43. The molecule has 2 N–H and O–H groups in total. The summed E-state index contributed by atoms with van der Waals surface area (Å²) in [6.07, 6.45) is 3.99. The van der Waals surface area contributed by atoms with Gasteiger partial charge in [0.1, 0.15) is 0 Å². The summed E-state index contributed by atoms with van der Waals surface area (Å²) in [6, 6.07) is 7.11. The third kappa shape index (κ3) is 2.58. The summed E-state index contributed by atoms with van der Waals surface area (Å²) < 4.78 is 0. The molecule has 1 aliphatic carbocycles. The minimum absolute atomic E-state index is 0.208. The number of benzene rings is 1. The molecule has 1 unspecified atom stereocenters. The number of nitro benzene ring substituents is 1. The third-order valence-electron chi connectivity index (χ3n) is 3.16. The second kappa shape index (κ2) is 4.61. The van der Waals surface area contributed by atoms with E-state index >= 15 is 0 Å². The van der Waals surface area contributed by atoms with Crippen LogP contribution in [0.15, 0.2) is 24.3 Å². The molecule has 0 aromatic heterocycles. The van der Waals surface area contributed by atoms with Crippen molar-refractivity contribution in [2.45, 2.75) is 31.7 Å². The van der Waals surface area contributed by atoms with E-state index in [1.165, 1.54) is 12.8 Å². The molecule has 16 heavy (non-hydrogen) atoms. The lowest BCUT2D eigenvalue weighted by molar-refractivity contribution is -0.385. The third-order valence-corrected chi connectivity index (χ3v) is 3.16. The van der Waals surface area contributed by atoms with Crippen molar-refractivity contribution in [3.63, 3.8) is 0 Å². The maximum absolute atomic E-state index is 10.8. The summed E-state index contributed by atoms with van der Waals surface area (Å²) in [7, 11) is 0. The van der Waals surface area contributed by atoms with E-state index in [9.17, 15) is 10.1 Å². The van der Waals surface area contributed by atoms with E-state index in [2.05, 4.69) is 0 Å². The molecule has 0 spiro atoms. The molecule has 1 aromatic carbocycles. The zero-order valence-corrected chi connectivity index (χ0v) is 9.13. The van der Waals surface area contributed by atoms with Crippen LogP contribution in [0.5, 0.6) is 0 Å². The van der Waals surface area contributed by atoms with Crippen molar-refractivity contribution in [1.82, 2.24) is 0 Å². The van der Waals surface area contributed by atoms with Crippen molar-refractivity contribution in [3.8, 4) is 0 Å². The SMILES string of the molecule is NC(CCc1ccccc1[N+](=O)[O-])C1CC1. The first kappa shape index (κ1) is 11.1. The van der Waals surface area contributed by atoms with E-state index in [1.807, 2.05) is 12.1 Å². The predicted octanol–water partition coefficient (Wildman–Crippen LogP) is 2.26. The molecule has 1 atom stereocenters. The smallest absolute Gasteiger partial charge is 0.272 e. The first-order chi connectivity index (χ1) is 7.68. The molecule has 0 saturated heterocycles. The lowest BCUT2D eigenvalue weighted by Crippen LogP contribution is -2.23. The van der Waals surface area contributed by atoms with Gasteiger partial charge in [0.2, 0.25) is 0 Å². The highest BCUT2D eigenvalue weighted by Crippen LogP contribution is 2.33. The van der Waals surface area contributed by atoms with E-state index in [-0.39, 0.29) is 16.7 Å². The van der Waals surface area contributed by atoms with Crippen molar-refractivity contribution in [2.75, 3.05) is 0 Å². The summed E-state index contributed by atoms with van der Waals surface area (Å²) in [5.41, 5.74) is 6.99. The number of para-hydroxylation sites is 1. The summed E-state index contributed by atoms with van der Waals surface area (Å²) in [4.78, 5) is 10.5. The van der Waals surface area contributed by atoms with Gasteiger partial charge in [0, 0.05) is 17.7 Å². The normalized spacial score (nSPS) is 17.1. The number of hydrogen-bond acceptors (Lipinski definition) is 3. The Morgan fingerprint density at radius 1 is 1.44 bits per heavy atom. The molecule has 0 bridgehead atoms. The molecule has 1 fully saturated rings. The Labute approximate surface area is 94.6 Å². The van der Waals surface area contributed by atoms with E-state index in [4.69, 9.17) is 5.73 Å². The van der Waals surface area contributed by atoms with E-state index < -0.39 is 0 Å². The first-order valence-corrected chi connectivity index (χ1v) is 5.66. The molecular weight excluding hydrogens is 204 g/mol. The van der Waals surface area contributed by atoms with Crippen molar-refractivity contribution < 1.29 is 4.92 Å². The largest absolute Gasteiger partial charge is 0.327 e. The summed E-state index contributed by atoms with van der Waals surface area (Å²) in [6.45, 7) is 0. The van der Waals surface area contributed by atoms with Gasteiger partial charge in [0.25, 0.3) is 5.69 Å². The van der Waals surface area contributed by atoms with Crippen LogP contribution in [0.25, 0.3) is 0 Å².